The maximum absolute atomic E-state index is 5.44. The summed E-state index contributed by atoms with van der Waals surface area (Å²) in [5.41, 5.74) is 0. The Balaban J connectivity index is 2.40. The Morgan fingerprint density at radius 1 is 1.14 bits per heavy atom. The van der Waals surface area contributed by atoms with Crippen molar-refractivity contribution in [2.24, 2.45) is 0 Å². The summed E-state index contributed by atoms with van der Waals surface area (Å²) in [4.78, 5) is 0. The lowest BCUT2D eigenvalue weighted by Crippen LogP contribution is -1.93. The molecule has 1 aromatic rings. The van der Waals surface area contributed by atoms with E-state index in [2.05, 4.69) is 15.9 Å². The van der Waals surface area contributed by atoms with E-state index < -0.39 is 0 Å². The molecule has 2 nitrogen and oxygen atoms in total. The lowest BCUT2D eigenvalue weighted by molar-refractivity contribution is 0.360. The van der Waals surface area contributed by atoms with Crippen LogP contribution in [-0.2, 0) is 0 Å². The van der Waals surface area contributed by atoms with Crippen LogP contribution in [0.25, 0.3) is 0 Å². The molecule has 1 aromatic carbocycles. The predicted molar refractivity (Wildman–Crippen MR) is 61.4 cm³/mol. The molecule has 0 bridgehead atoms. The molecule has 0 unspecified atom stereocenters. The van der Waals surface area contributed by atoms with Gasteiger partial charge in [-0.2, -0.15) is 0 Å². The molecule has 0 aromatic heterocycles. The molecular weight excluding hydrogens is 244 g/mol. The molecule has 0 fully saturated rings. The fourth-order valence-corrected chi connectivity index (χ4v) is 1.21. The number of allylic oxidation sites excluding steroid dienone is 1. The molecular formula is C11H13BrO2. The summed E-state index contributed by atoms with van der Waals surface area (Å²) in [7, 11) is 1.65. The van der Waals surface area contributed by atoms with Crippen molar-refractivity contribution in [2.75, 3.05) is 19.0 Å². The monoisotopic (exact) mass is 256 g/mol. The molecule has 0 amide bonds. The van der Waals surface area contributed by atoms with Gasteiger partial charge in [-0.1, -0.05) is 28.1 Å². The SMILES string of the molecule is COc1ccc(OC/C=C/CBr)cc1. The fraction of sp³-hybridized carbons (Fsp3) is 0.273. The van der Waals surface area contributed by atoms with Crippen molar-refractivity contribution in [3.05, 3.63) is 36.4 Å². The number of alkyl halides is 1. The van der Waals surface area contributed by atoms with Crippen LogP contribution >= 0.6 is 15.9 Å². The minimum Gasteiger partial charge on any atom is -0.497 e. The highest BCUT2D eigenvalue weighted by molar-refractivity contribution is 9.09. The number of methoxy groups -OCH3 is 1. The molecule has 0 atom stereocenters. The van der Waals surface area contributed by atoms with Crippen molar-refractivity contribution < 1.29 is 9.47 Å². The van der Waals surface area contributed by atoms with Crippen LogP contribution in [0.2, 0.25) is 0 Å². The van der Waals surface area contributed by atoms with Crippen LogP contribution < -0.4 is 9.47 Å². The Morgan fingerprint density at radius 3 is 2.36 bits per heavy atom. The number of hydrogen-bond donors (Lipinski definition) is 0. The van der Waals surface area contributed by atoms with Gasteiger partial charge in [-0.15, -0.1) is 0 Å². The van der Waals surface area contributed by atoms with Crippen molar-refractivity contribution >= 4 is 15.9 Å². The van der Waals surface area contributed by atoms with Gasteiger partial charge in [0.05, 0.1) is 7.11 Å². The molecule has 14 heavy (non-hydrogen) atoms. The van der Waals surface area contributed by atoms with Crippen molar-refractivity contribution in [2.45, 2.75) is 0 Å². The first-order valence-corrected chi connectivity index (χ1v) is 5.47. The van der Waals surface area contributed by atoms with Crippen molar-refractivity contribution in [3.8, 4) is 11.5 Å². The second-order valence-corrected chi connectivity index (χ2v) is 3.26. The summed E-state index contributed by atoms with van der Waals surface area (Å²) in [6.07, 6.45) is 3.97. The van der Waals surface area contributed by atoms with Gasteiger partial charge in [0, 0.05) is 5.33 Å². The topological polar surface area (TPSA) is 18.5 Å². The largest absolute Gasteiger partial charge is 0.497 e. The molecule has 0 aliphatic carbocycles. The summed E-state index contributed by atoms with van der Waals surface area (Å²) < 4.78 is 10.5. The zero-order valence-corrected chi connectivity index (χ0v) is 9.66. The highest BCUT2D eigenvalue weighted by Crippen LogP contribution is 2.16. The van der Waals surface area contributed by atoms with Gasteiger partial charge in [-0.3, -0.25) is 0 Å². The van der Waals surface area contributed by atoms with E-state index in [0.717, 1.165) is 16.8 Å². The zero-order valence-electron chi connectivity index (χ0n) is 8.07. The summed E-state index contributed by atoms with van der Waals surface area (Å²) in [6, 6.07) is 7.54. The van der Waals surface area contributed by atoms with Crippen LogP contribution in [0.5, 0.6) is 11.5 Å². The van der Waals surface area contributed by atoms with E-state index in [1.807, 2.05) is 36.4 Å². The zero-order chi connectivity index (χ0) is 10.2. The van der Waals surface area contributed by atoms with Gasteiger partial charge in [0.25, 0.3) is 0 Å². The van der Waals surface area contributed by atoms with Crippen LogP contribution in [0.1, 0.15) is 0 Å². The second kappa shape index (κ2) is 6.49. The molecule has 0 saturated carbocycles. The van der Waals surface area contributed by atoms with Gasteiger partial charge >= 0.3 is 0 Å². The van der Waals surface area contributed by atoms with Gasteiger partial charge in [-0.05, 0) is 24.3 Å². The molecule has 76 valence electrons. The Morgan fingerprint density at radius 2 is 1.79 bits per heavy atom. The van der Waals surface area contributed by atoms with Crippen LogP contribution in [0.4, 0.5) is 0 Å². The normalized spacial score (nSPS) is 10.4. The minimum atomic E-state index is 0.595. The quantitative estimate of drug-likeness (QED) is 0.596. The first-order valence-electron chi connectivity index (χ1n) is 4.34. The van der Waals surface area contributed by atoms with Gasteiger partial charge in [0.15, 0.2) is 0 Å². The van der Waals surface area contributed by atoms with Crippen molar-refractivity contribution in [1.82, 2.24) is 0 Å². The Bertz CT molecular complexity index is 280. The molecule has 0 aliphatic heterocycles. The summed E-state index contributed by atoms with van der Waals surface area (Å²) >= 11 is 3.30. The Hall–Kier alpha value is -0.960. The first-order chi connectivity index (χ1) is 6.86. The molecule has 0 aliphatic rings. The van der Waals surface area contributed by atoms with E-state index in [-0.39, 0.29) is 0 Å². The second-order valence-electron chi connectivity index (χ2n) is 2.61. The predicted octanol–water partition coefficient (Wildman–Crippen LogP) is 3.03. The van der Waals surface area contributed by atoms with Crippen molar-refractivity contribution in [3.63, 3.8) is 0 Å². The maximum Gasteiger partial charge on any atom is 0.120 e. The first kappa shape index (κ1) is 11.1. The molecule has 0 heterocycles. The number of benzene rings is 1. The van der Waals surface area contributed by atoms with E-state index in [1.54, 1.807) is 7.11 Å². The summed E-state index contributed by atoms with van der Waals surface area (Å²) in [6.45, 7) is 0.595. The van der Waals surface area contributed by atoms with Gasteiger partial charge < -0.3 is 9.47 Å². The Labute approximate surface area is 92.7 Å². The standard InChI is InChI=1S/C11H13BrO2/c1-13-10-4-6-11(7-5-10)14-9-3-2-8-12/h2-7H,8-9H2,1H3/b3-2+. The van der Waals surface area contributed by atoms with E-state index in [9.17, 15) is 0 Å². The lowest BCUT2D eigenvalue weighted by atomic mass is 10.3. The maximum atomic E-state index is 5.44. The van der Waals surface area contributed by atoms with Gasteiger partial charge in [0.1, 0.15) is 18.1 Å². The lowest BCUT2D eigenvalue weighted by Gasteiger charge is -2.03. The molecule has 0 radical (unpaired) electrons. The molecule has 1 rings (SSSR count). The molecule has 0 spiro atoms. The van der Waals surface area contributed by atoms with Gasteiger partial charge in [0.2, 0.25) is 0 Å². The number of hydrogen-bond acceptors (Lipinski definition) is 2. The smallest absolute Gasteiger partial charge is 0.120 e. The highest BCUT2D eigenvalue weighted by Gasteiger charge is 1.92. The third-order valence-electron chi connectivity index (χ3n) is 1.66. The third-order valence-corrected chi connectivity index (χ3v) is 2.04. The summed E-state index contributed by atoms with van der Waals surface area (Å²) in [5, 5.41) is 0.860. The van der Waals surface area contributed by atoms with E-state index in [4.69, 9.17) is 9.47 Å². The average molecular weight is 257 g/mol. The summed E-state index contributed by atoms with van der Waals surface area (Å²) in [5.74, 6) is 1.69. The Kier molecular flexibility index (Phi) is 5.15. The van der Waals surface area contributed by atoms with Crippen LogP contribution in [0.15, 0.2) is 36.4 Å². The third kappa shape index (κ3) is 3.83. The number of rotatable bonds is 5. The minimum absolute atomic E-state index is 0.595. The average Bonchev–Trinajstić information content (AvgIpc) is 2.25. The van der Waals surface area contributed by atoms with Crippen LogP contribution in [0, 0.1) is 0 Å². The van der Waals surface area contributed by atoms with E-state index in [0.29, 0.717) is 6.61 Å². The molecule has 0 N–H and O–H groups in total. The molecule has 3 heteroatoms. The molecule has 0 saturated heterocycles. The van der Waals surface area contributed by atoms with E-state index >= 15 is 0 Å². The van der Waals surface area contributed by atoms with Crippen LogP contribution in [0.3, 0.4) is 0 Å². The number of ether oxygens (including phenoxy) is 2. The fourth-order valence-electron chi connectivity index (χ4n) is 0.947. The highest BCUT2D eigenvalue weighted by atomic mass is 79.9. The van der Waals surface area contributed by atoms with Gasteiger partial charge in [-0.25, -0.2) is 0 Å². The van der Waals surface area contributed by atoms with E-state index in [1.165, 1.54) is 0 Å². The number of halogens is 1. The van der Waals surface area contributed by atoms with Crippen molar-refractivity contribution in [1.29, 1.82) is 0 Å². The van der Waals surface area contributed by atoms with Crippen LogP contribution in [-0.4, -0.2) is 19.0 Å².